The molecule has 3 aromatic heterocycles. The van der Waals surface area contributed by atoms with E-state index in [1.807, 2.05) is 42.6 Å². The van der Waals surface area contributed by atoms with Crippen LogP contribution in [-0.4, -0.2) is 20.2 Å². The van der Waals surface area contributed by atoms with Crippen molar-refractivity contribution >= 4 is 22.4 Å². The molecule has 6 nitrogen and oxygen atoms in total. The number of benzene rings is 1. The lowest BCUT2D eigenvalue weighted by Crippen LogP contribution is -2.02. The molecule has 0 bridgehead atoms. The fraction of sp³-hybridized carbons (Fsp3) is 0.0588. The van der Waals surface area contributed by atoms with Crippen LogP contribution in [-0.2, 0) is 6.54 Å². The monoisotopic (exact) mass is 304 g/mol. The van der Waals surface area contributed by atoms with Crippen LogP contribution in [0.2, 0.25) is 0 Å². The van der Waals surface area contributed by atoms with Gasteiger partial charge in [-0.25, -0.2) is 4.98 Å². The average molecular weight is 304 g/mol. The molecule has 0 aliphatic heterocycles. The largest absolute Gasteiger partial charge is 0.384 e. The number of anilines is 2. The summed E-state index contributed by atoms with van der Waals surface area (Å²) in [4.78, 5) is 7.62. The Kier molecular flexibility index (Phi) is 3.20. The molecular formula is C17H16N6. The van der Waals surface area contributed by atoms with Crippen molar-refractivity contribution in [3.05, 3.63) is 60.6 Å². The van der Waals surface area contributed by atoms with E-state index in [4.69, 9.17) is 5.73 Å². The van der Waals surface area contributed by atoms with Crippen molar-refractivity contribution in [2.75, 3.05) is 11.1 Å². The second-order valence-corrected chi connectivity index (χ2v) is 5.35. The number of pyridine rings is 1. The summed E-state index contributed by atoms with van der Waals surface area (Å²) in [5, 5.41) is 11.4. The molecule has 0 atom stereocenters. The quantitative estimate of drug-likeness (QED) is 0.466. The number of nitrogen functional groups attached to an aromatic ring is 1. The molecule has 0 saturated heterocycles. The maximum atomic E-state index is 5.96. The number of fused-ring (bicyclic) bond motifs is 1. The van der Waals surface area contributed by atoms with Crippen LogP contribution in [0.3, 0.4) is 0 Å². The number of hydrogen-bond donors (Lipinski definition) is 4. The maximum Gasteiger partial charge on any atom is 0.126 e. The minimum Gasteiger partial charge on any atom is -0.384 e. The molecule has 114 valence electrons. The number of nitrogens with one attached hydrogen (secondary N) is 3. The molecule has 0 aliphatic carbocycles. The van der Waals surface area contributed by atoms with Gasteiger partial charge in [-0.2, -0.15) is 5.10 Å². The molecule has 6 heteroatoms. The molecular weight excluding hydrogens is 288 g/mol. The predicted octanol–water partition coefficient (Wildman–Crippen LogP) is 3.15. The summed E-state index contributed by atoms with van der Waals surface area (Å²) in [6.07, 6.45) is 3.64. The molecule has 3 heterocycles. The van der Waals surface area contributed by atoms with Gasteiger partial charge in [0.1, 0.15) is 5.82 Å². The molecule has 4 rings (SSSR count). The van der Waals surface area contributed by atoms with E-state index in [0.717, 1.165) is 33.5 Å². The first-order chi connectivity index (χ1) is 11.3. The van der Waals surface area contributed by atoms with Crippen molar-refractivity contribution in [1.82, 2.24) is 20.2 Å². The van der Waals surface area contributed by atoms with E-state index >= 15 is 0 Å². The summed E-state index contributed by atoms with van der Waals surface area (Å²) >= 11 is 0. The van der Waals surface area contributed by atoms with Gasteiger partial charge in [-0.3, -0.25) is 5.10 Å². The van der Waals surface area contributed by atoms with E-state index in [9.17, 15) is 0 Å². The summed E-state index contributed by atoms with van der Waals surface area (Å²) < 4.78 is 0. The lowest BCUT2D eigenvalue weighted by Gasteiger charge is -2.11. The third-order valence-corrected chi connectivity index (χ3v) is 3.77. The Hall–Kier alpha value is -3.28. The summed E-state index contributed by atoms with van der Waals surface area (Å²) in [5.74, 6) is 0.494. The van der Waals surface area contributed by atoms with Gasteiger partial charge in [0, 0.05) is 40.8 Å². The van der Waals surface area contributed by atoms with Crippen molar-refractivity contribution in [3.63, 3.8) is 0 Å². The van der Waals surface area contributed by atoms with Gasteiger partial charge < -0.3 is 16.0 Å². The molecule has 0 unspecified atom stereocenters. The van der Waals surface area contributed by atoms with Crippen LogP contribution in [0.5, 0.6) is 0 Å². The molecule has 4 aromatic rings. The van der Waals surface area contributed by atoms with Gasteiger partial charge in [-0.1, -0.05) is 12.1 Å². The highest BCUT2D eigenvalue weighted by molar-refractivity contribution is 5.95. The van der Waals surface area contributed by atoms with Gasteiger partial charge in [0.15, 0.2) is 0 Å². The highest BCUT2D eigenvalue weighted by Gasteiger charge is 2.07. The standard InChI is InChI=1S/C17H16N6/c18-17-9-15(20-10-12-2-1-6-19-12)13-4-3-11(8-16(13)22-17)14-5-7-21-23-14/h1-9,19H,10H2,(H,21,23)(H3,18,20,22). The Morgan fingerprint density at radius 1 is 1.13 bits per heavy atom. The molecule has 0 fully saturated rings. The normalized spacial score (nSPS) is 11.0. The molecule has 0 radical (unpaired) electrons. The predicted molar refractivity (Wildman–Crippen MR) is 91.9 cm³/mol. The number of aromatic amines is 2. The Balaban J connectivity index is 1.73. The summed E-state index contributed by atoms with van der Waals surface area (Å²) in [6, 6.07) is 13.9. The first-order valence-electron chi connectivity index (χ1n) is 7.36. The number of nitrogens with two attached hydrogens (primary N) is 1. The SMILES string of the molecule is Nc1cc(NCc2ccc[nH]2)c2ccc(-c3ccn[nH]3)cc2n1. The van der Waals surface area contributed by atoms with Gasteiger partial charge in [0.05, 0.1) is 17.8 Å². The molecule has 0 spiro atoms. The van der Waals surface area contributed by atoms with Crippen LogP contribution in [0.1, 0.15) is 5.69 Å². The highest BCUT2D eigenvalue weighted by Crippen LogP contribution is 2.28. The molecule has 5 N–H and O–H groups in total. The zero-order valence-corrected chi connectivity index (χ0v) is 12.4. The van der Waals surface area contributed by atoms with Crippen LogP contribution >= 0.6 is 0 Å². The first kappa shape index (κ1) is 13.4. The third kappa shape index (κ3) is 2.62. The van der Waals surface area contributed by atoms with Crippen molar-refractivity contribution < 1.29 is 0 Å². The zero-order chi connectivity index (χ0) is 15.6. The minimum atomic E-state index is 0.494. The van der Waals surface area contributed by atoms with Gasteiger partial charge in [0.25, 0.3) is 0 Å². The summed E-state index contributed by atoms with van der Waals surface area (Å²) in [7, 11) is 0. The molecule has 23 heavy (non-hydrogen) atoms. The average Bonchev–Trinajstić information content (AvgIpc) is 3.25. The second-order valence-electron chi connectivity index (χ2n) is 5.35. The zero-order valence-electron chi connectivity index (χ0n) is 12.4. The topological polar surface area (TPSA) is 95.4 Å². The van der Waals surface area contributed by atoms with Gasteiger partial charge in [-0.05, 0) is 24.3 Å². The number of rotatable bonds is 4. The smallest absolute Gasteiger partial charge is 0.126 e. The van der Waals surface area contributed by atoms with E-state index < -0.39 is 0 Å². The Morgan fingerprint density at radius 2 is 2.09 bits per heavy atom. The lowest BCUT2D eigenvalue weighted by molar-refractivity contribution is 1.08. The minimum absolute atomic E-state index is 0.494. The molecule has 1 aromatic carbocycles. The first-order valence-corrected chi connectivity index (χ1v) is 7.36. The number of hydrogen-bond acceptors (Lipinski definition) is 4. The molecule has 0 saturated carbocycles. The van der Waals surface area contributed by atoms with E-state index in [2.05, 4.69) is 31.5 Å². The fourth-order valence-corrected chi connectivity index (χ4v) is 2.65. The van der Waals surface area contributed by atoms with E-state index in [1.165, 1.54) is 0 Å². The Labute approximate surface area is 132 Å². The van der Waals surface area contributed by atoms with Crippen molar-refractivity contribution in [1.29, 1.82) is 0 Å². The van der Waals surface area contributed by atoms with Crippen LogP contribution in [0.25, 0.3) is 22.2 Å². The third-order valence-electron chi connectivity index (χ3n) is 3.77. The summed E-state index contributed by atoms with van der Waals surface area (Å²) in [5.41, 5.74) is 10.9. The lowest BCUT2D eigenvalue weighted by atomic mass is 10.1. The second kappa shape index (κ2) is 5.49. The number of H-pyrrole nitrogens is 2. The van der Waals surface area contributed by atoms with E-state index in [1.54, 1.807) is 6.20 Å². The highest BCUT2D eigenvalue weighted by atomic mass is 15.1. The fourth-order valence-electron chi connectivity index (χ4n) is 2.65. The van der Waals surface area contributed by atoms with Gasteiger partial charge >= 0.3 is 0 Å². The van der Waals surface area contributed by atoms with Gasteiger partial charge in [-0.15, -0.1) is 0 Å². The number of nitrogens with zero attached hydrogens (tertiary/aromatic N) is 2. The maximum absolute atomic E-state index is 5.96. The van der Waals surface area contributed by atoms with Gasteiger partial charge in [0.2, 0.25) is 0 Å². The number of aromatic nitrogens is 4. The van der Waals surface area contributed by atoms with Crippen LogP contribution < -0.4 is 11.1 Å². The summed E-state index contributed by atoms with van der Waals surface area (Å²) in [6.45, 7) is 0.702. The Bertz CT molecular complexity index is 925. The molecule has 0 aliphatic rings. The molecule has 0 amide bonds. The van der Waals surface area contributed by atoms with E-state index in [0.29, 0.717) is 12.4 Å². The van der Waals surface area contributed by atoms with Crippen molar-refractivity contribution in [2.24, 2.45) is 0 Å². The van der Waals surface area contributed by atoms with Crippen molar-refractivity contribution in [3.8, 4) is 11.3 Å². The van der Waals surface area contributed by atoms with E-state index in [-0.39, 0.29) is 0 Å². The van der Waals surface area contributed by atoms with Crippen LogP contribution in [0.4, 0.5) is 11.5 Å². The Morgan fingerprint density at radius 3 is 2.87 bits per heavy atom. The van der Waals surface area contributed by atoms with Crippen LogP contribution in [0.15, 0.2) is 54.9 Å². The van der Waals surface area contributed by atoms with Crippen LogP contribution in [0, 0.1) is 0 Å². The van der Waals surface area contributed by atoms with Crippen molar-refractivity contribution in [2.45, 2.75) is 6.54 Å².